The van der Waals surface area contributed by atoms with Gasteiger partial charge in [-0.15, -0.1) is 11.3 Å². The van der Waals surface area contributed by atoms with Crippen LogP contribution >= 0.6 is 23.1 Å². The number of thiophene rings is 1. The lowest BCUT2D eigenvalue weighted by atomic mass is 10.2. The molecular weight excluding hydrogens is 288 g/mol. The molecule has 0 bridgehead atoms. The molecular formula is C15H10N2OS2. The van der Waals surface area contributed by atoms with Gasteiger partial charge in [-0.3, -0.25) is 0 Å². The van der Waals surface area contributed by atoms with E-state index in [9.17, 15) is 0 Å². The maximum Gasteiger partial charge on any atom is 0.238 e. The van der Waals surface area contributed by atoms with Crippen molar-refractivity contribution in [2.75, 3.05) is 0 Å². The van der Waals surface area contributed by atoms with Crippen molar-refractivity contribution in [3.05, 3.63) is 53.0 Å². The van der Waals surface area contributed by atoms with E-state index in [4.69, 9.17) is 9.68 Å². The second-order valence-electron chi connectivity index (χ2n) is 4.16. The van der Waals surface area contributed by atoms with Crippen LogP contribution in [0.25, 0.3) is 10.8 Å². The number of benzene rings is 1. The Morgan fingerprint density at radius 3 is 2.70 bits per heavy atom. The fourth-order valence-corrected chi connectivity index (χ4v) is 3.11. The van der Waals surface area contributed by atoms with Crippen LogP contribution in [-0.2, 0) is 0 Å². The lowest BCUT2D eigenvalue weighted by Gasteiger charge is -1.98. The van der Waals surface area contributed by atoms with Gasteiger partial charge in [0.2, 0.25) is 11.0 Å². The minimum absolute atomic E-state index is 0.332. The molecule has 0 atom stereocenters. The van der Waals surface area contributed by atoms with Gasteiger partial charge in [0.25, 0.3) is 0 Å². The van der Waals surface area contributed by atoms with Crippen molar-refractivity contribution in [2.45, 2.75) is 16.9 Å². The predicted molar refractivity (Wildman–Crippen MR) is 79.8 cm³/mol. The maximum absolute atomic E-state index is 9.17. The van der Waals surface area contributed by atoms with E-state index < -0.39 is 0 Å². The molecule has 3 rings (SSSR count). The zero-order valence-electron chi connectivity index (χ0n) is 10.7. The molecule has 20 heavy (non-hydrogen) atoms. The number of hydrogen-bond acceptors (Lipinski definition) is 5. The number of nitrogens with zero attached hydrogens (tertiary/aromatic N) is 2. The Labute approximate surface area is 124 Å². The van der Waals surface area contributed by atoms with Gasteiger partial charge in [0.15, 0.2) is 5.69 Å². The normalized spacial score (nSPS) is 10.4. The van der Waals surface area contributed by atoms with Gasteiger partial charge in [-0.1, -0.05) is 23.8 Å². The summed E-state index contributed by atoms with van der Waals surface area (Å²) in [5, 5.41) is 11.7. The minimum atomic E-state index is 0.332. The van der Waals surface area contributed by atoms with Gasteiger partial charge in [-0.25, -0.2) is 0 Å². The van der Waals surface area contributed by atoms with E-state index in [0.717, 1.165) is 9.77 Å². The fourth-order valence-electron chi connectivity index (χ4n) is 1.66. The molecule has 0 fully saturated rings. The molecule has 0 saturated heterocycles. The maximum atomic E-state index is 9.17. The molecule has 0 unspecified atom stereocenters. The van der Waals surface area contributed by atoms with Crippen molar-refractivity contribution >= 4 is 23.1 Å². The third-order valence-electron chi connectivity index (χ3n) is 2.67. The van der Waals surface area contributed by atoms with E-state index in [0.29, 0.717) is 16.7 Å². The number of oxazole rings is 1. The van der Waals surface area contributed by atoms with Crippen LogP contribution in [0.1, 0.15) is 11.3 Å². The number of nitriles is 1. The van der Waals surface area contributed by atoms with Crippen LogP contribution in [0, 0.1) is 18.3 Å². The lowest BCUT2D eigenvalue weighted by molar-refractivity contribution is 0.484. The fraction of sp³-hybridized carbons (Fsp3) is 0.0667. The Hall–Kier alpha value is -2.03. The molecule has 0 spiro atoms. The van der Waals surface area contributed by atoms with Crippen molar-refractivity contribution in [2.24, 2.45) is 0 Å². The Morgan fingerprint density at radius 1 is 1.25 bits per heavy atom. The Balaban J connectivity index is 1.93. The van der Waals surface area contributed by atoms with Gasteiger partial charge in [-0.05, 0) is 42.3 Å². The van der Waals surface area contributed by atoms with Gasteiger partial charge in [0, 0.05) is 4.90 Å². The van der Waals surface area contributed by atoms with Crippen molar-refractivity contribution in [1.29, 1.82) is 5.26 Å². The van der Waals surface area contributed by atoms with Crippen molar-refractivity contribution < 1.29 is 4.42 Å². The monoisotopic (exact) mass is 298 g/mol. The molecule has 3 nitrogen and oxygen atoms in total. The summed E-state index contributed by atoms with van der Waals surface area (Å²) in [7, 11) is 0. The summed E-state index contributed by atoms with van der Waals surface area (Å²) in [6, 6.07) is 14.0. The van der Waals surface area contributed by atoms with Gasteiger partial charge in [0.1, 0.15) is 6.07 Å². The second kappa shape index (κ2) is 5.53. The standard InChI is InChI=1S/C15H10N2OS2/c1-10-4-6-11(7-5-10)20-15-12(9-16)17-14(18-15)13-3-2-8-19-13/h2-8H,1H3. The molecule has 0 aliphatic heterocycles. The Bertz CT molecular complexity index is 752. The number of hydrogen-bond donors (Lipinski definition) is 0. The first kappa shape index (κ1) is 13.0. The highest BCUT2D eigenvalue weighted by molar-refractivity contribution is 7.99. The number of aryl methyl sites for hydroxylation is 1. The largest absolute Gasteiger partial charge is 0.427 e. The van der Waals surface area contributed by atoms with Gasteiger partial charge in [0.05, 0.1) is 4.88 Å². The summed E-state index contributed by atoms with van der Waals surface area (Å²) < 4.78 is 5.72. The molecule has 2 aromatic heterocycles. The summed E-state index contributed by atoms with van der Waals surface area (Å²) in [6.45, 7) is 2.04. The predicted octanol–water partition coefficient (Wildman–Crippen LogP) is 4.73. The molecule has 0 radical (unpaired) electrons. The molecule has 98 valence electrons. The average Bonchev–Trinajstić information content (AvgIpc) is 3.10. The first-order valence-electron chi connectivity index (χ1n) is 5.95. The summed E-state index contributed by atoms with van der Waals surface area (Å²) in [6.07, 6.45) is 0. The highest BCUT2D eigenvalue weighted by Crippen LogP contribution is 2.35. The Morgan fingerprint density at radius 2 is 2.05 bits per heavy atom. The van der Waals surface area contributed by atoms with Crippen molar-refractivity contribution in [3.8, 4) is 16.8 Å². The molecule has 0 amide bonds. The molecule has 3 aromatic rings. The van der Waals surface area contributed by atoms with Crippen molar-refractivity contribution in [1.82, 2.24) is 4.98 Å². The van der Waals surface area contributed by atoms with Crippen LogP contribution in [0.15, 0.2) is 56.2 Å². The van der Waals surface area contributed by atoms with E-state index >= 15 is 0 Å². The zero-order chi connectivity index (χ0) is 13.9. The number of aromatic nitrogens is 1. The van der Waals surface area contributed by atoms with E-state index in [1.807, 2.05) is 48.7 Å². The van der Waals surface area contributed by atoms with E-state index in [-0.39, 0.29) is 0 Å². The third-order valence-corrected chi connectivity index (χ3v) is 4.49. The first-order chi connectivity index (χ1) is 9.76. The second-order valence-corrected chi connectivity index (χ2v) is 6.15. The highest BCUT2D eigenvalue weighted by Gasteiger charge is 2.16. The lowest BCUT2D eigenvalue weighted by Crippen LogP contribution is -1.78. The molecule has 0 saturated carbocycles. The molecule has 5 heteroatoms. The quantitative estimate of drug-likeness (QED) is 0.701. The van der Waals surface area contributed by atoms with Crippen LogP contribution in [0.4, 0.5) is 0 Å². The Kier molecular flexibility index (Phi) is 3.59. The van der Waals surface area contributed by atoms with Crippen LogP contribution in [-0.4, -0.2) is 4.98 Å². The first-order valence-corrected chi connectivity index (χ1v) is 7.65. The molecule has 0 aliphatic carbocycles. The molecule has 1 aromatic carbocycles. The van der Waals surface area contributed by atoms with Crippen LogP contribution in [0.3, 0.4) is 0 Å². The number of rotatable bonds is 3. The SMILES string of the molecule is Cc1ccc(Sc2oc(-c3cccs3)nc2C#N)cc1. The van der Waals surface area contributed by atoms with Crippen LogP contribution in [0.5, 0.6) is 0 Å². The summed E-state index contributed by atoms with van der Waals surface area (Å²) >= 11 is 2.96. The van der Waals surface area contributed by atoms with Gasteiger partial charge in [-0.2, -0.15) is 10.2 Å². The minimum Gasteiger partial charge on any atom is -0.427 e. The van der Waals surface area contributed by atoms with E-state index in [1.54, 1.807) is 11.3 Å². The van der Waals surface area contributed by atoms with E-state index in [1.165, 1.54) is 17.3 Å². The van der Waals surface area contributed by atoms with Crippen molar-refractivity contribution in [3.63, 3.8) is 0 Å². The van der Waals surface area contributed by atoms with Gasteiger partial charge >= 0.3 is 0 Å². The zero-order valence-corrected chi connectivity index (χ0v) is 12.3. The summed E-state index contributed by atoms with van der Waals surface area (Å²) in [5.74, 6) is 0.506. The summed E-state index contributed by atoms with van der Waals surface area (Å²) in [4.78, 5) is 6.20. The smallest absolute Gasteiger partial charge is 0.238 e. The molecule has 0 aliphatic rings. The van der Waals surface area contributed by atoms with Gasteiger partial charge < -0.3 is 4.42 Å². The van der Waals surface area contributed by atoms with Crippen LogP contribution < -0.4 is 0 Å². The van der Waals surface area contributed by atoms with E-state index in [2.05, 4.69) is 11.1 Å². The summed E-state index contributed by atoms with van der Waals surface area (Å²) in [5.41, 5.74) is 1.53. The average molecular weight is 298 g/mol. The third kappa shape index (κ3) is 2.62. The highest BCUT2D eigenvalue weighted by atomic mass is 32.2. The topological polar surface area (TPSA) is 49.8 Å². The molecule has 2 heterocycles. The van der Waals surface area contributed by atoms with Crippen LogP contribution in [0.2, 0.25) is 0 Å². The molecule has 0 N–H and O–H groups in total.